The highest BCUT2D eigenvalue weighted by Crippen LogP contribution is 2.33. The number of halogens is 2. The second-order valence-electron chi connectivity index (χ2n) is 3.56. The number of hydrogen-bond donors (Lipinski definition) is 1. The molecule has 1 aliphatic heterocycles. The average Bonchev–Trinajstić information content (AvgIpc) is 2.10. The van der Waals surface area contributed by atoms with Crippen LogP contribution in [0.25, 0.3) is 0 Å². The summed E-state index contributed by atoms with van der Waals surface area (Å²) in [7, 11) is 0. The van der Waals surface area contributed by atoms with Gasteiger partial charge in [0.1, 0.15) is 5.82 Å². The zero-order chi connectivity index (χ0) is 10.2. The highest BCUT2D eigenvalue weighted by Gasteiger charge is 2.40. The van der Waals surface area contributed by atoms with Crippen LogP contribution in [0.4, 0.5) is 4.39 Å². The largest absolute Gasteiger partial charge is 0.395 e. The molecule has 0 unspecified atom stereocenters. The van der Waals surface area contributed by atoms with Crippen molar-refractivity contribution in [2.75, 3.05) is 19.8 Å². The summed E-state index contributed by atoms with van der Waals surface area (Å²) in [6.45, 7) is 0.923. The van der Waals surface area contributed by atoms with Crippen molar-refractivity contribution in [1.82, 2.24) is 0 Å². The molecule has 0 aliphatic carbocycles. The summed E-state index contributed by atoms with van der Waals surface area (Å²) >= 11 is 5.66. The van der Waals surface area contributed by atoms with Crippen molar-refractivity contribution in [1.29, 1.82) is 0 Å². The molecule has 0 saturated carbocycles. The Bertz CT molecular complexity index is 344. The molecule has 0 radical (unpaired) electrons. The van der Waals surface area contributed by atoms with Gasteiger partial charge in [0.05, 0.1) is 30.3 Å². The van der Waals surface area contributed by atoms with E-state index in [1.807, 2.05) is 0 Å². The molecular weight excluding hydrogens is 207 g/mol. The molecule has 76 valence electrons. The van der Waals surface area contributed by atoms with Crippen molar-refractivity contribution in [2.24, 2.45) is 0 Å². The Hall–Kier alpha value is -0.640. The third kappa shape index (κ3) is 1.41. The van der Waals surface area contributed by atoms with E-state index in [-0.39, 0.29) is 17.0 Å². The lowest BCUT2D eigenvalue weighted by molar-refractivity contribution is -0.0841. The second-order valence-corrected chi connectivity index (χ2v) is 3.97. The Morgan fingerprint density at radius 1 is 1.50 bits per heavy atom. The molecule has 0 atom stereocenters. The topological polar surface area (TPSA) is 29.5 Å². The molecule has 1 aromatic carbocycles. The summed E-state index contributed by atoms with van der Waals surface area (Å²) in [6, 6.07) is 4.50. The summed E-state index contributed by atoms with van der Waals surface area (Å²) in [6.07, 6.45) is 0. The van der Waals surface area contributed by atoms with Crippen LogP contribution in [0.5, 0.6) is 0 Å². The van der Waals surface area contributed by atoms with E-state index >= 15 is 0 Å². The zero-order valence-corrected chi connectivity index (χ0v) is 8.22. The Morgan fingerprint density at radius 3 is 2.64 bits per heavy atom. The van der Waals surface area contributed by atoms with Gasteiger partial charge in [-0.05, 0) is 17.7 Å². The van der Waals surface area contributed by atoms with Crippen molar-refractivity contribution >= 4 is 11.6 Å². The summed E-state index contributed by atoms with van der Waals surface area (Å²) in [5.41, 5.74) is 0.454. The maximum absolute atomic E-state index is 12.9. The molecule has 1 aliphatic rings. The lowest BCUT2D eigenvalue weighted by Crippen LogP contribution is -2.49. The smallest absolute Gasteiger partial charge is 0.141 e. The number of hydrogen-bond acceptors (Lipinski definition) is 2. The molecule has 2 nitrogen and oxygen atoms in total. The van der Waals surface area contributed by atoms with Crippen molar-refractivity contribution in [3.8, 4) is 0 Å². The normalized spacial score (nSPS) is 19.1. The molecular formula is C10H10ClFO2. The van der Waals surface area contributed by atoms with Gasteiger partial charge in [-0.3, -0.25) is 0 Å². The molecule has 0 aromatic heterocycles. The van der Waals surface area contributed by atoms with Crippen LogP contribution in [0.15, 0.2) is 18.2 Å². The first-order chi connectivity index (χ1) is 6.68. The fraction of sp³-hybridized carbons (Fsp3) is 0.400. The summed E-state index contributed by atoms with van der Waals surface area (Å²) in [5, 5.41) is 9.32. The molecule has 14 heavy (non-hydrogen) atoms. The van der Waals surface area contributed by atoms with Crippen molar-refractivity contribution in [3.05, 3.63) is 34.6 Å². The van der Waals surface area contributed by atoms with E-state index < -0.39 is 5.82 Å². The van der Waals surface area contributed by atoms with Crippen LogP contribution in [-0.4, -0.2) is 24.9 Å². The summed E-state index contributed by atoms with van der Waals surface area (Å²) in [4.78, 5) is 0. The highest BCUT2D eigenvalue weighted by atomic mass is 35.5. The molecule has 1 saturated heterocycles. The molecule has 4 heteroatoms. The van der Waals surface area contributed by atoms with Gasteiger partial charge >= 0.3 is 0 Å². The summed E-state index contributed by atoms with van der Waals surface area (Å²) < 4.78 is 17.9. The number of aliphatic hydroxyl groups is 1. The quantitative estimate of drug-likeness (QED) is 0.816. The van der Waals surface area contributed by atoms with Gasteiger partial charge in [0.25, 0.3) is 0 Å². The molecule has 1 N–H and O–H groups in total. The number of benzene rings is 1. The van der Waals surface area contributed by atoms with Crippen LogP contribution in [0.3, 0.4) is 0 Å². The van der Waals surface area contributed by atoms with Crippen LogP contribution in [-0.2, 0) is 10.2 Å². The Morgan fingerprint density at radius 2 is 2.21 bits per heavy atom. The van der Waals surface area contributed by atoms with E-state index in [2.05, 4.69) is 0 Å². The highest BCUT2D eigenvalue weighted by molar-refractivity contribution is 6.30. The van der Waals surface area contributed by atoms with Gasteiger partial charge in [-0.2, -0.15) is 0 Å². The minimum Gasteiger partial charge on any atom is -0.395 e. The first kappa shape index (κ1) is 9.90. The Labute approximate surface area is 86.3 Å². The maximum Gasteiger partial charge on any atom is 0.141 e. The molecule has 1 fully saturated rings. The first-order valence-corrected chi connectivity index (χ1v) is 4.70. The standard InChI is InChI=1S/C10H10ClFO2/c11-8-3-7(1-2-9(8)12)10(4-13)5-14-6-10/h1-3,13H,4-6H2. The molecule has 1 heterocycles. The van der Waals surface area contributed by atoms with Gasteiger partial charge in [-0.25, -0.2) is 4.39 Å². The van der Waals surface area contributed by atoms with Crippen LogP contribution in [0, 0.1) is 5.82 Å². The van der Waals surface area contributed by atoms with Crippen LogP contribution in [0.1, 0.15) is 5.56 Å². The third-order valence-electron chi connectivity index (χ3n) is 2.59. The van der Waals surface area contributed by atoms with Gasteiger partial charge in [-0.15, -0.1) is 0 Å². The van der Waals surface area contributed by atoms with Gasteiger partial charge < -0.3 is 9.84 Å². The Balaban J connectivity index is 2.36. The molecule has 1 aromatic rings. The van der Waals surface area contributed by atoms with Crippen molar-refractivity contribution in [3.63, 3.8) is 0 Å². The Kier molecular flexibility index (Phi) is 2.47. The van der Waals surface area contributed by atoms with E-state index in [1.54, 1.807) is 12.1 Å². The monoisotopic (exact) mass is 216 g/mol. The fourth-order valence-corrected chi connectivity index (χ4v) is 1.70. The number of ether oxygens (including phenoxy) is 1. The number of aliphatic hydroxyl groups excluding tert-OH is 1. The maximum atomic E-state index is 12.9. The van der Waals surface area contributed by atoms with Gasteiger partial charge in [0.15, 0.2) is 0 Å². The van der Waals surface area contributed by atoms with E-state index in [9.17, 15) is 9.50 Å². The molecule has 0 bridgehead atoms. The zero-order valence-electron chi connectivity index (χ0n) is 7.46. The van der Waals surface area contributed by atoms with Crippen molar-refractivity contribution in [2.45, 2.75) is 5.41 Å². The number of rotatable bonds is 2. The molecule has 0 amide bonds. The van der Waals surface area contributed by atoms with Crippen LogP contribution < -0.4 is 0 Å². The van der Waals surface area contributed by atoms with Crippen molar-refractivity contribution < 1.29 is 14.2 Å². The molecule has 0 spiro atoms. The van der Waals surface area contributed by atoms with Gasteiger partial charge in [-0.1, -0.05) is 17.7 Å². The summed E-state index contributed by atoms with van der Waals surface area (Å²) in [5.74, 6) is -0.441. The predicted molar refractivity (Wildman–Crippen MR) is 51.0 cm³/mol. The predicted octanol–water partition coefficient (Wildman–Crippen LogP) is 1.74. The first-order valence-electron chi connectivity index (χ1n) is 4.32. The van der Waals surface area contributed by atoms with E-state index in [4.69, 9.17) is 16.3 Å². The third-order valence-corrected chi connectivity index (χ3v) is 2.88. The van der Waals surface area contributed by atoms with Gasteiger partial charge in [0, 0.05) is 0 Å². The average molecular weight is 217 g/mol. The van der Waals surface area contributed by atoms with E-state index in [1.165, 1.54) is 6.07 Å². The van der Waals surface area contributed by atoms with E-state index in [0.717, 1.165) is 5.56 Å². The lowest BCUT2D eigenvalue weighted by atomic mass is 9.79. The van der Waals surface area contributed by atoms with E-state index in [0.29, 0.717) is 13.2 Å². The minimum absolute atomic E-state index is 0.00500. The molecule has 2 rings (SSSR count). The lowest BCUT2D eigenvalue weighted by Gasteiger charge is -2.40. The van der Waals surface area contributed by atoms with Crippen LogP contribution >= 0.6 is 11.6 Å². The minimum atomic E-state index is -0.441. The van der Waals surface area contributed by atoms with Crippen LogP contribution in [0.2, 0.25) is 5.02 Å². The second kappa shape index (κ2) is 3.50. The SMILES string of the molecule is OCC1(c2ccc(F)c(Cl)c2)COC1. The fourth-order valence-electron chi connectivity index (χ4n) is 1.52. The van der Waals surface area contributed by atoms with Gasteiger partial charge in [0.2, 0.25) is 0 Å².